The van der Waals surface area contributed by atoms with Crippen LogP contribution in [-0.4, -0.2) is 35.6 Å². The van der Waals surface area contributed by atoms with Crippen LogP contribution in [0.5, 0.6) is 0 Å². The van der Waals surface area contributed by atoms with E-state index in [2.05, 4.69) is 5.16 Å². The quantitative estimate of drug-likeness (QED) is 0.868. The fourth-order valence-corrected chi connectivity index (χ4v) is 5.39. The topological polar surface area (TPSA) is 63.4 Å². The summed E-state index contributed by atoms with van der Waals surface area (Å²) >= 11 is 1.65. The molecule has 0 saturated carbocycles. The van der Waals surface area contributed by atoms with E-state index in [1.165, 1.54) is 0 Å². The maximum absolute atomic E-state index is 12.4. The van der Waals surface area contributed by atoms with Gasteiger partial charge in [-0.2, -0.15) is 4.31 Å². The second-order valence-corrected chi connectivity index (χ2v) is 7.81. The molecule has 0 spiro atoms. The van der Waals surface area contributed by atoms with Crippen LogP contribution in [0.1, 0.15) is 12.6 Å². The molecule has 3 rings (SSSR count). The maximum atomic E-state index is 12.4. The summed E-state index contributed by atoms with van der Waals surface area (Å²) in [5.41, 5.74) is 1.11. The molecule has 1 fully saturated rings. The second-order valence-electron chi connectivity index (χ2n) is 4.46. The minimum absolute atomic E-state index is 0.00293. The molecule has 1 aromatic carbocycles. The number of thioether (sulfide) groups is 1. The van der Waals surface area contributed by atoms with E-state index in [9.17, 15) is 8.42 Å². The molecule has 1 aromatic heterocycles. The zero-order valence-electron chi connectivity index (χ0n) is 10.4. The highest BCUT2D eigenvalue weighted by Gasteiger charge is 2.33. The third kappa shape index (κ3) is 2.37. The predicted octanol–water partition coefficient (Wildman–Crippen LogP) is 2.05. The van der Waals surface area contributed by atoms with E-state index in [1.807, 2.05) is 25.1 Å². The number of nitrogens with zero attached hydrogens (tertiary/aromatic N) is 2. The molecule has 102 valence electrons. The highest BCUT2D eigenvalue weighted by molar-refractivity contribution is 8.01. The maximum Gasteiger partial charge on any atom is 0.221 e. The molecule has 0 bridgehead atoms. The van der Waals surface area contributed by atoms with E-state index in [4.69, 9.17) is 4.52 Å². The highest BCUT2D eigenvalue weighted by Crippen LogP contribution is 2.28. The van der Waals surface area contributed by atoms with Crippen LogP contribution >= 0.6 is 11.8 Å². The monoisotopic (exact) mass is 298 g/mol. The second kappa shape index (κ2) is 4.81. The van der Waals surface area contributed by atoms with Crippen LogP contribution in [0.3, 0.4) is 0 Å². The number of para-hydroxylation sites is 1. The lowest BCUT2D eigenvalue weighted by atomic mass is 10.2. The molecule has 0 N–H and O–H groups in total. The van der Waals surface area contributed by atoms with Crippen LogP contribution in [0, 0.1) is 0 Å². The van der Waals surface area contributed by atoms with Crippen molar-refractivity contribution in [2.24, 2.45) is 0 Å². The third-order valence-corrected chi connectivity index (χ3v) is 6.35. The van der Waals surface area contributed by atoms with E-state index >= 15 is 0 Å². The Bertz CT molecular complexity index is 696. The molecule has 0 aliphatic carbocycles. The summed E-state index contributed by atoms with van der Waals surface area (Å²) in [7, 11) is -3.33. The fourth-order valence-electron chi connectivity index (χ4n) is 2.24. The average molecular weight is 298 g/mol. The van der Waals surface area contributed by atoms with Crippen LogP contribution in [0.2, 0.25) is 0 Å². The minimum Gasteiger partial charge on any atom is -0.356 e. The van der Waals surface area contributed by atoms with Crippen molar-refractivity contribution in [1.29, 1.82) is 0 Å². The van der Waals surface area contributed by atoms with Crippen molar-refractivity contribution < 1.29 is 12.9 Å². The van der Waals surface area contributed by atoms with Gasteiger partial charge in [-0.25, -0.2) is 8.42 Å². The largest absolute Gasteiger partial charge is 0.356 e. The van der Waals surface area contributed by atoms with Gasteiger partial charge in [-0.15, -0.1) is 11.8 Å². The smallest absolute Gasteiger partial charge is 0.221 e. The van der Waals surface area contributed by atoms with Gasteiger partial charge < -0.3 is 4.52 Å². The molecule has 1 atom stereocenters. The zero-order valence-corrected chi connectivity index (χ0v) is 12.1. The van der Waals surface area contributed by atoms with Crippen molar-refractivity contribution >= 4 is 32.8 Å². The number of rotatable bonds is 3. The van der Waals surface area contributed by atoms with Crippen molar-refractivity contribution in [2.75, 3.05) is 12.3 Å². The standard InChI is InChI=1S/C12H14N2O3S2/c1-9-14(6-7-18-9)19(15,16)8-11-10-4-2-3-5-12(10)17-13-11/h2-5,9H,6-8H2,1H3. The van der Waals surface area contributed by atoms with Crippen LogP contribution in [0.4, 0.5) is 0 Å². The van der Waals surface area contributed by atoms with E-state index in [0.717, 1.165) is 11.1 Å². The average Bonchev–Trinajstić information content (AvgIpc) is 2.97. The highest BCUT2D eigenvalue weighted by atomic mass is 32.2. The summed E-state index contributed by atoms with van der Waals surface area (Å²) in [4.78, 5) is 0. The first-order valence-corrected chi connectivity index (χ1v) is 8.68. The Hall–Kier alpha value is -1.05. The van der Waals surface area contributed by atoms with Gasteiger partial charge in [0.15, 0.2) is 5.58 Å². The Kier molecular flexibility index (Phi) is 3.28. The Morgan fingerprint density at radius 3 is 3.00 bits per heavy atom. The zero-order chi connectivity index (χ0) is 13.5. The van der Waals surface area contributed by atoms with Crippen LogP contribution < -0.4 is 0 Å². The molecule has 7 heteroatoms. The first-order chi connectivity index (χ1) is 9.08. The summed E-state index contributed by atoms with van der Waals surface area (Å²) in [5, 5.41) is 4.66. The van der Waals surface area contributed by atoms with Crippen LogP contribution in [0.25, 0.3) is 11.0 Å². The summed E-state index contributed by atoms with van der Waals surface area (Å²) in [6.07, 6.45) is 0. The van der Waals surface area contributed by atoms with E-state index in [0.29, 0.717) is 17.8 Å². The summed E-state index contributed by atoms with van der Waals surface area (Å²) in [6, 6.07) is 7.31. The van der Waals surface area contributed by atoms with Crippen molar-refractivity contribution in [1.82, 2.24) is 9.46 Å². The normalized spacial score (nSPS) is 21.2. The van der Waals surface area contributed by atoms with Gasteiger partial charge in [0.25, 0.3) is 0 Å². The number of benzene rings is 1. The number of fused-ring (bicyclic) bond motifs is 1. The van der Waals surface area contributed by atoms with Gasteiger partial charge in [0.05, 0.1) is 5.37 Å². The fraction of sp³-hybridized carbons (Fsp3) is 0.417. The van der Waals surface area contributed by atoms with E-state index in [-0.39, 0.29) is 11.1 Å². The third-order valence-electron chi connectivity index (χ3n) is 3.20. The first-order valence-electron chi connectivity index (χ1n) is 6.02. The Balaban J connectivity index is 1.92. The summed E-state index contributed by atoms with van der Waals surface area (Å²) < 4.78 is 31.5. The molecule has 5 nitrogen and oxygen atoms in total. The lowest BCUT2D eigenvalue weighted by molar-refractivity contribution is 0.432. The molecule has 1 aliphatic heterocycles. The van der Waals surface area contributed by atoms with Crippen molar-refractivity contribution in [2.45, 2.75) is 18.1 Å². The minimum atomic E-state index is -3.33. The van der Waals surface area contributed by atoms with Crippen molar-refractivity contribution in [3.8, 4) is 0 Å². The molecule has 0 radical (unpaired) electrons. The summed E-state index contributed by atoms with van der Waals surface area (Å²) in [5.74, 6) is 0.745. The van der Waals surface area contributed by atoms with Gasteiger partial charge in [0.2, 0.25) is 10.0 Å². The number of hydrogen-bond acceptors (Lipinski definition) is 5. The summed E-state index contributed by atoms with van der Waals surface area (Å²) in [6.45, 7) is 2.49. The molecule has 2 aromatic rings. The molecular weight excluding hydrogens is 284 g/mol. The number of aromatic nitrogens is 1. The number of hydrogen-bond donors (Lipinski definition) is 0. The van der Waals surface area contributed by atoms with Gasteiger partial charge in [-0.05, 0) is 19.1 Å². The van der Waals surface area contributed by atoms with Gasteiger partial charge in [-0.3, -0.25) is 0 Å². The van der Waals surface area contributed by atoms with Gasteiger partial charge in [-0.1, -0.05) is 17.3 Å². The van der Waals surface area contributed by atoms with E-state index < -0.39 is 10.0 Å². The first kappa shape index (κ1) is 13.0. The Labute approximate surface area is 116 Å². The predicted molar refractivity (Wildman–Crippen MR) is 75.3 cm³/mol. The molecule has 0 amide bonds. The van der Waals surface area contributed by atoms with Gasteiger partial charge >= 0.3 is 0 Å². The molecule has 1 saturated heterocycles. The molecule has 1 aliphatic rings. The molecule has 1 unspecified atom stereocenters. The van der Waals surface area contributed by atoms with Crippen LogP contribution in [-0.2, 0) is 15.8 Å². The van der Waals surface area contributed by atoms with Gasteiger partial charge in [0, 0.05) is 17.7 Å². The lowest BCUT2D eigenvalue weighted by Crippen LogP contribution is -2.34. The van der Waals surface area contributed by atoms with Gasteiger partial charge in [0.1, 0.15) is 11.4 Å². The van der Waals surface area contributed by atoms with E-state index in [1.54, 1.807) is 22.1 Å². The SMILES string of the molecule is CC1SCCN1S(=O)(=O)Cc1noc2ccccc12. The number of sulfonamides is 1. The molecule has 2 heterocycles. The van der Waals surface area contributed by atoms with Crippen molar-refractivity contribution in [3.63, 3.8) is 0 Å². The molecule has 19 heavy (non-hydrogen) atoms. The molecular formula is C12H14N2O3S2. The Morgan fingerprint density at radius 2 is 2.26 bits per heavy atom. The van der Waals surface area contributed by atoms with Crippen molar-refractivity contribution in [3.05, 3.63) is 30.0 Å². The van der Waals surface area contributed by atoms with Crippen LogP contribution in [0.15, 0.2) is 28.8 Å². The Morgan fingerprint density at radius 1 is 1.47 bits per heavy atom. The lowest BCUT2D eigenvalue weighted by Gasteiger charge is -2.19.